The largest absolute Gasteiger partial charge is 0.480 e. The number of aromatic nitrogens is 2. The maximum Gasteiger partial charge on any atom is 0.408 e. The first-order valence-electron chi connectivity index (χ1n) is 10.3. The summed E-state index contributed by atoms with van der Waals surface area (Å²) in [5.74, 6) is -1.76. The topological polar surface area (TPSA) is 144 Å². The van der Waals surface area contributed by atoms with Crippen LogP contribution in [0.5, 0.6) is 5.88 Å². The molecule has 2 N–H and O–H groups in total. The van der Waals surface area contributed by atoms with E-state index >= 15 is 0 Å². The molecule has 32 heavy (non-hydrogen) atoms. The maximum atomic E-state index is 13.3. The zero-order valence-electron chi connectivity index (χ0n) is 18.7. The van der Waals surface area contributed by atoms with E-state index in [1.54, 1.807) is 46.9 Å². The highest BCUT2D eigenvalue weighted by Crippen LogP contribution is 2.29. The molecule has 3 atom stereocenters. The van der Waals surface area contributed by atoms with Crippen molar-refractivity contribution in [2.75, 3.05) is 6.54 Å². The number of hydrogen-bond acceptors (Lipinski definition) is 8. The second kappa shape index (κ2) is 9.01. The molecule has 1 aliphatic rings. The van der Waals surface area contributed by atoms with E-state index in [0.717, 1.165) is 0 Å². The number of nitrogens with zero attached hydrogens (tertiary/aromatic N) is 3. The van der Waals surface area contributed by atoms with Gasteiger partial charge in [-0.05, 0) is 37.9 Å². The lowest BCUT2D eigenvalue weighted by Gasteiger charge is -2.30. The number of alkyl carbamates (subject to hydrolysis) is 1. The molecule has 0 saturated carbocycles. The van der Waals surface area contributed by atoms with Crippen LogP contribution >= 0.6 is 0 Å². The molecule has 0 aliphatic carbocycles. The highest BCUT2D eigenvalue weighted by atomic mass is 16.6. The quantitative estimate of drug-likeness (QED) is 0.679. The number of ether oxygens (including phenoxy) is 2. The summed E-state index contributed by atoms with van der Waals surface area (Å²) in [5.41, 5.74) is -0.301. The number of carbonyl (C=O) groups excluding carboxylic acids is 2. The van der Waals surface area contributed by atoms with Gasteiger partial charge in [0.05, 0.1) is 18.1 Å². The van der Waals surface area contributed by atoms with Crippen LogP contribution in [0.1, 0.15) is 41.0 Å². The summed E-state index contributed by atoms with van der Waals surface area (Å²) >= 11 is 0. The Morgan fingerprint density at radius 2 is 2.03 bits per heavy atom. The molecule has 0 radical (unpaired) electrons. The monoisotopic (exact) mass is 448 g/mol. The van der Waals surface area contributed by atoms with E-state index in [4.69, 9.17) is 14.0 Å². The first-order chi connectivity index (χ1) is 15.0. The molecule has 0 spiro atoms. The molecule has 2 amide bonds. The SMILES string of the molecule is CC(C)[C@H](NC(=O)OC(C)(C)C)C(=O)N1C[C@@H](Oc2noc3cnccc23)C[C@H]1C(=O)O. The van der Waals surface area contributed by atoms with Crippen molar-refractivity contribution in [2.24, 2.45) is 5.92 Å². The first-order valence-corrected chi connectivity index (χ1v) is 10.3. The molecule has 0 aromatic carbocycles. The highest BCUT2D eigenvalue weighted by molar-refractivity contribution is 5.90. The Morgan fingerprint density at radius 1 is 1.31 bits per heavy atom. The molecule has 174 valence electrons. The second-order valence-corrected chi connectivity index (χ2v) is 9.05. The van der Waals surface area contributed by atoms with Crippen molar-refractivity contribution >= 4 is 28.9 Å². The van der Waals surface area contributed by atoms with Crippen molar-refractivity contribution in [3.63, 3.8) is 0 Å². The summed E-state index contributed by atoms with van der Waals surface area (Å²) in [6, 6.07) is -0.383. The van der Waals surface area contributed by atoms with E-state index < -0.39 is 41.8 Å². The van der Waals surface area contributed by atoms with Crippen LogP contribution in [0, 0.1) is 5.92 Å². The number of rotatable bonds is 6. The van der Waals surface area contributed by atoms with Crippen molar-refractivity contribution in [2.45, 2.75) is 64.8 Å². The summed E-state index contributed by atoms with van der Waals surface area (Å²) in [7, 11) is 0. The first kappa shape index (κ1) is 23.3. The fraction of sp³-hybridized carbons (Fsp3) is 0.571. The Bertz CT molecular complexity index is 997. The summed E-state index contributed by atoms with van der Waals surface area (Å²) in [4.78, 5) is 42.5. The number of amides is 2. The van der Waals surface area contributed by atoms with Crippen LogP contribution in [-0.4, -0.2) is 68.5 Å². The Labute approximate surface area is 185 Å². The van der Waals surface area contributed by atoms with Crippen LogP contribution < -0.4 is 10.1 Å². The molecule has 1 fully saturated rings. The van der Waals surface area contributed by atoms with Gasteiger partial charge in [0.25, 0.3) is 5.88 Å². The predicted molar refractivity (Wildman–Crippen MR) is 112 cm³/mol. The third-order valence-electron chi connectivity index (χ3n) is 4.96. The molecular formula is C21H28N4O7. The molecule has 0 unspecified atom stereocenters. The number of carboxylic acid groups (broad SMARTS) is 1. The van der Waals surface area contributed by atoms with Gasteiger partial charge in [0.15, 0.2) is 5.58 Å². The average Bonchev–Trinajstić information content (AvgIpc) is 3.29. The van der Waals surface area contributed by atoms with Crippen molar-refractivity contribution < 1.29 is 33.5 Å². The number of likely N-dealkylation sites (tertiary alicyclic amines) is 1. The number of carboxylic acids is 1. The van der Waals surface area contributed by atoms with E-state index in [0.29, 0.717) is 11.0 Å². The predicted octanol–water partition coefficient (Wildman–Crippen LogP) is 2.20. The van der Waals surface area contributed by atoms with Crippen molar-refractivity contribution in [1.82, 2.24) is 20.4 Å². The number of fused-ring (bicyclic) bond motifs is 1. The van der Waals surface area contributed by atoms with Crippen LogP contribution in [0.25, 0.3) is 11.0 Å². The van der Waals surface area contributed by atoms with E-state index in [9.17, 15) is 19.5 Å². The van der Waals surface area contributed by atoms with Crippen LogP contribution in [0.15, 0.2) is 23.0 Å². The van der Waals surface area contributed by atoms with E-state index in [2.05, 4.69) is 15.5 Å². The zero-order valence-corrected chi connectivity index (χ0v) is 18.7. The fourth-order valence-corrected chi connectivity index (χ4v) is 3.50. The zero-order chi connectivity index (χ0) is 23.6. The van der Waals surface area contributed by atoms with E-state index in [1.807, 2.05) is 0 Å². The van der Waals surface area contributed by atoms with Gasteiger partial charge in [-0.3, -0.25) is 9.78 Å². The average molecular weight is 448 g/mol. The lowest BCUT2D eigenvalue weighted by atomic mass is 10.0. The minimum atomic E-state index is -1.15. The number of aliphatic carboxylic acids is 1. The number of nitrogens with one attached hydrogen (secondary N) is 1. The van der Waals surface area contributed by atoms with Crippen molar-refractivity contribution in [3.8, 4) is 5.88 Å². The van der Waals surface area contributed by atoms with Crippen LogP contribution in [0.3, 0.4) is 0 Å². The Balaban J connectivity index is 1.75. The summed E-state index contributed by atoms with van der Waals surface area (Å²) in [6.45, 7) is 8.68. The Kier molecular flexibility index (Phi) is 6.56. The minimum absolute atomic E-state index is 0.0223. The van der Waals surface area contributed by atoms with Gasteiger partial charge in [-0.15, -0.1) is 0 Å². The molecule has 1 aliphatic heterocycles. The lowest BCUT2D eigenvalue weighted by molar-refractivity contribution is -0.149. The highest BCUT2D eigenvalue weighted by Gasteiger charge is 2.44. The molecule has 3 rings (SSSR count). The molecule has 1 saturated heterocycles. The van der Waals surface area contributed by atoms with Crippen molar-refractivity contribution in [1.29, 1.82) is 0 Å². The fourth-order valence-electron chi connectivity index (χ4n) is 3.50. The molecular weight excluding hydrogens is 420 g/mol. The summed E-state index contributed by atoms with van der Waals surface area (Å²) in [6.07, 6.45) is 1.77. The van der Waals surface area contributed by atoms with Crippen LogP contribution in [-0.2, 0) is 14.3 Å². The van der Waals surface area contributed by atoms with Gasteiger partial charge in [0, 0.05) is 12.6 Å². The Hall–Kier alpha value is -3.37. The normalized spacial score (nSPS) is 19.8. The van der Waals surface area contributed by atoms with Crippen LogP contribution in [0.4, 0.5) is 4.79 Å². The van der Waals surface area contributed by atoms with Gasteiger partial charge in [0.2, 0.25) is 5.91 Å². The maximum absolute atomic E-state index is 13.3. The second-order valence-electron chi connectivity index (χ2n) is 9.05. The van der Waals surface area contributed by atoms with Crippen molar-refractivity contribution in [3.05, 3.63) is 18.5 Å². The third-order valence-corrected chi connectivity index (χ3v) is 4.96. The third kappa shape index (κ3) is 5.27. The number of carbonyl (C=O) groups is 3. The van der Waals surface area contributed by atoms with Gasteiger partial charge in [-0.25, -0.2) is 9.59 Å². The standard InChI is InChI=1S/C21H28N4O7/c1-11(2)16(23-20(29)31-21(3,4)5)18(26)25-10-12(8-14(25)19(27)28)30-17-13-6-7-22-9-15(13)32-24-17/h6-7,9,11-12,14,16H,8,10H2,1-5H3,(H,23,29)(H,27,28)/t12-,14-,16-/m0/s1. The molecule has 11 nitrogen and oxygen atoms in total. The minimum Gasteiger partial charge on any atom is -0.480 e. The molecule has 2 aromatic rings. The van der Waals surface area contributed by atoms with Gasteiger partial charge < -0.3 is 29.3 Å². The summed E-state index contributed by atoms with van der Waals surface area (Å²) in [5, 5.41) is 16.7. The van der Waals surface area contributed by atoms with Gasteiger partial charge >= 0.3 is 12.1 Å². The molecule has 3 heterocycles. The molecule has 0 bridgehead atoms. The molecule has 2 aromatic heterocycles. The summed E-state index contributed by atoms with van der Waals surface area (Å²) < 4.78 is 16.3. The number of hydrogen-bond donors (Lipinski definition) is 2. The van der Waals surface area contributed by atoms with E-state index in [-0.39, 0.29) is 24.8 Å². The smallest absolute Gasteiger partial charge is 0.408 e. The molecule has 11 heteroatoms. The lowest BCUT2D eigenvalue weighted by Crippen LogP contribution is -2.54. The van der Waals surface area contributed by atoms with Crippen LogP contribution in [0.2, 0.25) is 0 Å². The number of pyridine rings is 1. The van der Waals surface area contributed by atoms with E-state index in [1.165, 1.54) is 11.1 Å². The van der Waals surface area contributed by atoms with Gasteiger partial charge in [-0.1, -0.05) is 13.8 Å². The van der Waals surface area contributed by atoms with Gasteiger partial charge in [0.1, 0.15) is 23.8 Å². The van der Waals surface area contributed by atoms with Gasteiger partial charge in [-0.2, -0.15) is 0 Å². The Morgan fingerprint density at radius 3 is 2.66 bits per heavy atom.